The van der Waals surface area contributed by atoms with Gasteiger partial charge in [0.2, 0.25) is 5.91 Å². The number of carbonyl (C=O) groups excluding carboxylic acids is 1. The van der Waals surface area contributed by atoms with Gasteiger partial charge in [-0.25, -0.2) is 0 Å². The Morgan fingerprint density at radius 2 is 1.96 bits per heavy atom. The van der Waals surface area contributed by atoms with E-state index in [-0.39, 0.29) is 5.91 Å². The van der Waals surface area contributed by atoms with Crippen LogP contribution in [0.1, 0.15) is 18.5 Å². The predicted octanol–water partition coefficient (Wildman–Crippen LogP) is 2.48. The third-order valence-corrected chi connectivity index (χ3v) is 5.38. The largest absolute Gasteiger partial charge is 0.379 e. The van der Waals surface area contributed by atoms with Crippen LogP contribution in [-0.2, 0) is 14.9 Å². The fraction of sp³-hybridized carbons (Fsp3) is 0.474. The first-order chi connectivity index (χ1) is 12.7. The first kappa shape index (κ1) is 17.5. The fourth-order valence-corrected chi connectivity index (χ4v) is 3.42. The summed E-state index contributed by atoms with van der Waals surface area (Å²) < 4.78 is 10.8. The maximum atomic E-state index is 12.7. The highest BCUT2D eigenvalue weighted by atomic mass is 35.5. The minimum absolute atomic E-state index is 0.0433. The molecule has 1 aromatic heterocycles. The Bertz CT molecular complexity index is 765. The summed E-state index contributed by atoms with van der Waals surface area (Å²) in [6.45, 7) is 4.88. The molecule has 1 aliphatic heterocycles. The first-order valence-corrected chi connectivity index (χ1v) is 9.37. The van der Waals surface area contributed by atoms with Gasteiger partial charge in [-0.3, -0.25) is 9.69 Å². The summed E-state index contributed by atoms with van der Waals surface area (Å²) in [5.41, 5.74) is 1.09. The van der Waals surface area contributed by atoms with Crippen LogP contribution in [0.5, 0.6) is 0 Å². The van der Waals surface area contributed by atoms with Gasteiger partial charge in [-0.05, 0) is 37.1 Å². The van der Waals surface area contributed by atoms with Crippen molar-refractivity contribution in [1.29, 1.82) is 0 Å². The number of carbonyl (C=O) groups is 1. The van der Waals surface area contributed by atoms with Crippen LogP contribution in [0.2, 0.25) is 5.02 Å². The molecule has 0 bridgehead atoms. The number of hydrogen-bond acceptors (Lipinski definition) is 5. The van der Waals surface area contributed by atoms with Gasteiger partial charge in [0.1, 0.15) is 0 Å². The van der Waals surface area contributed by atoms with Crippen molar-refractivity contribution in [3.8, 4) is 11.3 Å². The maximum Gasteiger partial charge on any atom is 0.232 e. The van der Waals surface area contributed by atoms with E-state index in [0.717, 1.165) is 51.3 Å². The lowest BCUT2D eigenvalue weighted by molar-refractivity contribution is -0.123. The van der Waals surface area contributed by atoms with Gasteiger partial charge in [-0.15, -0.1) is 0 Å². The van der Waals surface area contributed by atoms with E-state index in [4.69, 9.17) is 20.9 Å². The number of morpholine rings is 1. The Kier molecular flexibility index (Phi) is 4.98. The Balaban J connectivity index is 1.37. The molecule has 1 N–H and O–H groups in total. The Labute approximate surface area is 157 Å². The summed E-state index contributed by atoms with van der Waals surface area (Å²) in [6, 6.07) is 9.26. The van der Waals surface area contributed by atoms with Crippen LogP contribution in [0.3, 0.4) is 0 Å². The van der Waals surface area contributed by atoms with E-state index in [1.807, 2.05) is 30.3 Å². The molecule has 0 atom stereocenters. The lowest BCUT2D eigenvalue weighted by Gasteiger charge is -2.26. The molecule has 2 aliphatic rings. The van der Waals surface area contributed by atoms with Crippen molar-refractivity contribution >= 4 is 17.5 Å². The second kappa shape index (κ2) is 7.39. The zero-order valence-corrected chi connectivity index (χ0v) is 15.3. The molecule has 1 saturated carbocycles. The molecule has 0 radical (unpaired) electrons. The van der Waals surface area contributed by atoms with Gasteiger partial charge >= 0.3 is 0 Å². The van der Waals surface area contributed by atoms with Crippen LogP contribution in [0, 0.1) is 0 Å². The van der Waals surface area contributed by atoms with E-state index in [2.05, 4.69) is 15.4 Å². The van der Waals surface area contributed by atoms with Gasteiger partial charge in [0.25, 0.3) is 0 Å². The number of benzene rings is 1. The van der Waals surface area contributed by atoms with E-state index < -0.39 is 5.41 Å². The van der Waals surface area contributed by atoms with Crippen LogP contribution in [0.15, 0.2) is 34.9 Å². The smallest absolute Gasteiger partial charge is 0.232 e. The number of nitrogens with zero attached hydrogens (tertiary/aromatic N) is 2. The van der Waals surface area contributed by atoms with Crippen molar-refractivity contribution in [3.05, 3.63) is 41.0 Å². The van der Waals surface area contributed by atoms with Crippen molar-refractivity contribution in [1.82, 2.24) is 15.4 Å². The number of hydrogen-bond donors (Lipinski definition) is 1. The highest BCUT2D eigenvalue weighted by Gasteiger charge is 2.53. The molecular formula is C19H22ClN3O3. The van der Waals surface area contributed by atoms with Crippen LogP contribution >= 0.6 is 11.6 Å². The molecule has 7 heteroatoms. The minimum atomic E-state index is -0.529. The normalized spacial score (nSPS) is 19.3. The summed E-state index contributed by atoms with van der Waals surface area (Å²) in [5.74, 6) is 0.700. The molecule has 2 fully saturated rings. The van der Waals surface area contributed by atoms with E-state index >= 15 is 0 Å². The second-order valence-corrected chi connectivity index (χ2v) is 7.31. The molecule has 1 aliphatic carbocycles. The van der Waals surface area contributed by atoms with Crippen molar-refractivity contribution in [2.75, 3.05) is 39.4 Å². The zero-order valence-electron chi connectivity index (χ0n) is 14.5. The Morgan fingerprint density at radius 3 is 2.65 bits per heavy atom. The zero-order chi connectivity index (χ0) is 18.0. The molecule has 6 nitrogen and oxygen atoms in total. The molecule has 0 spiro atoms. The Morgan fingerprint density at radius 1 is 1.23 bits per heavy atom. The van der Waals surface area contributed by atoms with Gasteiger partial charge in [-0.1, -0.05) is 16.8 Å². The molecule has 0 unspecified atom stereocenters. The van der Waals surface area contributed by atoms with Gasteiger partial charge in [-0.2, -0.15) is 0 Å². The lowest BCUT2D eigenvalue weighted by Crippen LogP contribution is -2.43. The number of halogens is 1. The summed E-state index contributed by atoms with van der Waals surface area (Å²) >= 11 is 5.92. The number of aromatic nitrogens is 1. The van der Waals surface area contributed by atoms with Crippen LogP contribution in [0.25, 0.3) is 11.3 Å². The highest BCUT2D eigenvalue weighted by Crippen LogP contribution is 2.48. The van der Waals surface area contributed by atoms with Gasteiger partial charge in [0.15, 0.2) is 5.76 Å². The van der Waals surface area contributed by atoms with Crippen LogP contribution in [0.4, 0.5) is 0 Å². The molecule has 4 rings (SSSR count). The number of amides is 1. The van der Waals surface area contributed by atoms with E-state index in [1.165, 1.54) is 0 Å². The average molecular weight is 376 g/mol. The van der Waals surface area contributed by atoms with Crippen LogP contribution in [-0.4, -0.2) is 55.4 Å². The molecule has 1 saturated heterocycles. The molecule has 1 aromatic carbocycles. The third-order valence-electron chi connectivity index (χ3n) is 5.13. The molecular weight excluding hydrogens is 354 g/mol. The van der Waals surface area contributed by atoms with Crippen molar-refractivity contribution in [2.45, 2.75) is 18.3 Å². The summed E-state index contributed by atoms with van der Waals surface area (Å²) in [7, 11) is 0. The van der Waals surface area contributed by atoms with Gasteiger partial charge in [0.05, 0.1) is 24.3 Å². The molecule has 1 amide bonds. The molecule has 26 heavy (non-hydrogen) atoms. The Hall–Kier alpha value is -1.89. The van der Waals surface area contributed by atoms with Gasteiger partial charge in [0, 0.05) is 42.8 Å². The fourth-order valence-electron chi connectivity index (χ4n) is 3.30. The van der Waals surface area contributed by atoms with Crippen molar-refractivity contribution in [2.24, 2.45) is 0 Å². The predicted molar refractivity (Wildman–Crippen MR) is 98.1 cm³/mol. The number of rotatable bonds is 6. The lowest BCUT2D eigenvalue weighted by atomic mass is 10.0. The monoisotopic (exact) mass is 375 g/mol. The second-order valence-electron chi connectivity index (χ2n) is 6.88. The van der Waals surface area contributed by atoms with E-state index in [1.54, 1.807) is 0 Å². The standard InChI is InChI=1S/C19H22ClN3O3/c20-15-3-1-14(2-4-15)16-13-17(22-26-16)19(5-6-19)18(24)21-7-8-23-9-11-25-12-10-23/h1-4,13H,5-12H2,(H,21,24). The summed E-state index contributed by atoms with van der Waals surface area (Å²) in [6.07, 6.45) is 1.62. The van der Waals surface area contributed by atoms with E-state index in [9.17, 15) is 4.79 Å². The average Bonchev–Trinajstić information content (AvgIpc) is 3.33. The SMILES string of the molecule is O=C(NCCN1CCOCC1)C1(c2cc(-c3ccc(Cl)cc3)on2)CC1. The topological polar surface area (TPSA) is 67.6 Å². The molecule has 138 valence electrons. The summed E-state index contributed by atoms with van der Waals surface area (Å²) in [4.78, 5) is 15.0. The third kappa shape index (κ3) is 3.63. The quantitative estimate of drug-likeness (QED) is 0.840. The van der Waals surface area contributed by atoms with E-state index in [0.29, 0.717) is 23.0 Å². The van der Waals surface area contributed by atoms with Crippen LogP contribution < -0.4 is 5.32 Å². The van der Waals surface area contributed by atoms with Gasteiger partial charge < -0.3 is 14.6 Å². The van der Waals surface area contributed by atoms with Crippen molar-refractivity contribution < 1.29 is 14.1 Å². The number of ether oxygens (including phenoxy) is 1. The number of nitrogens with one attached hydrogen (secondary N) is 1. The molecule has 2 heterocycles. The maximum absolute atomic E-state index is 12.7. The molecule has 2 aromatic rings. The minimum Gasteiger partial charge on any atom is -0.379 e. The highest BCUT2D eigenvalue weighted by molar-refractivity contribution is 6.30. The first-order valence-electron chi connectivity index (χ1n) is 8.99. The van der Waals surface area contributed by atoms with Crippen molar-refractivity contribution in [3.63, 3.8) is 0 Å². The summed E-state index contributed by atoms with van der Waals surface area (Å²) in [5, 5.41) is 7.91.